The van der Waals surface area contributed by atoms with Crippen LogP contribution in [-0.4, -0.2) is 96.7 Å². The van der Waals surface area contributed by atoms with Crippen LogP contribution in [0.4, 0.5) is 0 Å². The lowest BCUT2D eigenvalue weighted by molar-refractivity contribution is -0.161. The van der Waals surface area contributed by atoms with Crippen molar-refractivity contribution in [2.24, 2.45) is 11.8 Å². The highest BCUT2D eigenvalue weighted by atomic mass is 31.2. The Morgan fingerprint density at radius 3 is 0.764 bits per heavy atom. The number of unbranched alkanes of at least 4 members (excludes halogenated alkanes) is 39. The van der Waals surface area contributed by atoms with Crippen LogP contribution in [0.25, 0.3) is 0 Å². The summed E-state index contributed by atoms with van der Waals surface area (Å²) in [6, 6.07) is 0. The van der Waals surface area contributed by atoms with Crippen molar-refractivity contribution in [3.05, 3.63) is 0 Å². The molecule has 0 aromatic carbocycles. The van der Waals surface area contributed by atoms with Gasteiger partial charge in [-0.2, -0.15) is 0 Å². The van der Waals surface area contributed by atoms with Crippen LogP contribution < -0.4 is 0 Å². The first kappa shape index (κ1) is 87.1. The van der Waals surface area contributed by atoms with Crippen LogP contribution in [0.2, 0.25) is 0 Å². The molecule has 0 aliphatic rings. The van der Waals surface area contributed by atoms with Gasteiger partial charge in [0, 0.05) is 25.7 Å². The van der Waals surface area contributed by atoms with E-state index >= 15 is 0 Å². The monoisotopic (exact) mass is 1310 g/mol. The molecular weight excluding hydrogens is 1170 g/mol. The van der Waals surface area contributed by atoms with Crippen molar-refractivity contribution in [1.29, 1.82) is 0 Å². The van der Waals surface area contributed by atoms with Gasteiger partial charge in [0.1, 0.15) is 19.3 Å². The number of carbonyl (C=O) groups excluding carboxylic acids is 4. The van der Waals surface area contributed by atoms with Gasteiger partial charge in [-0.3, -0.25) is 37.3 Å². The van der Waals surface area contributed by atoms with E-state index in [1.54, 1.807) is 0 Å². The third kappa shape index (κ3) is 64.6. The first-order valence-corrected chi connectivity index (χ1v) is 39.5. The molecule has 3 N–H and O–H groups in total. The van der Waals surface area contributed by atoms with E-state index in [4.69, 9.17) is 37.0 Å². The zero-order valence-corrected chi connectivity index (χ0v) is 59.5. The van der Waals surface area contributed by atoms with E-state index < -0.39 is 97.5 Å². The van der Waals surface area contributed by atoms with Crippen molar-refractivity contribution in [2.45, 2.75) is 374 Å². The summed E-state index contributed by atoms with van der Waals surface area (Å²) >= 11 is 0. The maximum atomic E-state index is 13.0. The molecule has 0 radical (unpaired) electrons. The predicted molar refractivity (Wildman–Crippen MR) is 358 cm³/mol. The second kappa shape index (κ2) is 62.2. The number of esters is 4. The standard InChI is InChI=1S/C70H136O17P2/c1-7-9-11-13-15-17-19-21-22-23-25-27-29-34-42-48-54-69(74)86-65(58-80-67(72)52-46-40-33-28-26-24-20-18-16-14-12-10-8-2)60-84-88(76,77)82-56-64(71)57-83-89(78,79)85-61-66(59-81-68(73)53-47-41-37-36-39-45-51-63(5)6)87-70(75)55-49-43-35-31-30-32-38-44-50-62(3)4/h62-66,71H,7-61H2,1-6H3,(H,76,77)(H,78,79)/t64-,65-,66-/m1/s1. The lowest BCUT2D eigenvalue weighted by Gasteiger charge is -2.21. The Bertz CT molecular complexity index is 1730. The number of phosphoric acid groups is 2. The molecule has 19 heteroatoms. The number of hydrogen-bond acceptors (Lipinski definition) is 15. The van der Waals surface area contributed by atoms with Crippen LogP contribution in [0.3, 0.4) is 0 Å². The Morgan fingerprint density at radius 2 is 0.517 bits per heavy atom. The average Bonchev–Trinajstić information content (AvgIpc) is 3.54. The average molecular weight is 1310 g/mol. The van der Waals surface area contributed by atoms with Crippen LogP contribution in [-0.2, 0) is 65.4 Å². The zero-order chi connectivity index (χ0) is 65.7. The molecule has 0 amide bonds. The smallest absolute Gasteiger partial charge is 0.462 e. The van der Waals surface area contributed by atoms with Gasteiger partial charge in [-0.25, -0.2) is 9.13 Å². The molecule has 0 saturated carbocycles. The predicted octanol–water partition coefficient (Wildman–Crippen LogP) is 20.0. The van der Waals surface area contributed by atoms with Gasteiger partial charge >= 0.3 is 39.5 Å². The highest BCUT2D eigenvalue weighted by Gasteiger charge is 2.30. The molecular formula is C70H136O17P2. The highest BCUT2D eigenvalue weighted by molar-refractivity contribution is 7.47. The maximum Gasteiger partial charge on any atom is 0.472 e. The molecule has 17 nitrogen and oxygen atoms in total. The Kier molecular flexibility index (Phi) is 60.8. The van der Waals surface area contributed by atoms with Crippen molar-refractivity contribution in [3.63, 3.8) is 0 Å². The van der Waals surface area contributed by atoms with E-state index in [1.165, 1.54) is 167 Å². The van der Waals surface area contributed by atoms with Crippen molar-refractivity contribution in [1.82, 2.24) is 0 Å². The molecule has 0 aromatic rings. The number of hydrogen-bond donors (Lipinski definition) is 3. The van der Waals surface area contributed by atoms with Crippen LogP contribution in [0, 0.1) is 11.8 Å². The minimum absolute atomic E-state index is 0.104. The van der Waals surface area contributed by atoms with E-state index in [-0.39, 0.29) is 25.7 Å². The molecule has 0 aliphatic carbocycles. The summed E-state index contributed by atoms with van der Waals surface area (Å²) in [5, 5.41) is 10.6. The van der Waals surface area contributed by atoms with E-state index in [0.717, 1.165) is 102 Å². The molecule has 0 saturated heterocycles. The summed E-state index contributed by atoms with van der Waals surface area (Å²) < 4.78 is 68.2. The number of ether oxygens (including phenoxy) is 4. The fourth-order valence-corrected chi connectivity index (χ4v) is 12.2. The third-order valence-electron chi connectivity index (χ3n) is 16.2. The largest absolute Gasteiger partial charge is 0.472 e. The normalized spacial score (nSPS) is 14.1. The minimum atomic E-state index is -4.95. The second-order valence-corrected chi connectivity index (χ2v) is 29.1. The van der Waals surface area contributed by atoms with Gasteiger partial charge in [0.2, 0.25) is 0 Å². The van der Waals surface area contributed by atoms with Crippen molar-refractivity contribution in [2.75, 3.05) is 39.6 Å². The van der Waals surface area contributed by atoms with Crippen LogP contribution in [0.5, 0.6) is 0 Å². The fourth-order valence-electron chi connectivity index (χ4n) is 10.6. The minimum Gasteiger partial charge on any atom is -0.462 e. The van der Waals surface area contributed by atoms with E-state index in [9.17, 15) is 43.2 Å². The third-order valence-corrected chi connectivity index (χ3v) is 18.1. The first-order valence-electron chi connectivity index (χ1n) is 36.5. The van der Waals surface area contributed by atoms with Crippen LogP contribution in [0.1, 0.15) is 356 Å². The topological polar surface area (TPSA) is 237 Å². The van der Waals surface area contributed by atoms with Crippen molar-refractivity contribution in [3.8, 4) is 0 Å². The molecule has 2 unspecified atom stereocenters. The molecule has 5 atom stereocenters. The number of carbonyl (C=O) groups is 4. The van der Waals surface area contributed by atoms with Gasteiger partial charge in [-0.05, 0) is 37.5 Å². The molecule has 0 spiro atoms. The van der Waals surface area contributed by atoms with Gasteiger partial charge in [-0.1, -0.05) is 305 Å². The number of rotatable bonds is 69. The summed E-state index contributed by atoms with van der Waals surface area (Å²) in [5.74, 6) is -0.728. The molecule has 0 fully saturated rings. The van der Waals surface area contributed by atoms with Gasteiger partial charge in [0.25, 0.3) is 0 Å². The molecule has 0 rings (SSSR count). The summed E-state index contributed by atoms with van der Waals surface area (Å²) in [7, 11) is -9.90. The highest BCUT2D eigenvalue weighted by Crippen LogP contribution is 2.45. The molecule has 0 bridgehead atoms. The van der Waals surface area contributed by atoms with Crippen molar-refractivity contribution >= 4 is 39.5 Å². The van der Waals surface area contributed by atoms with E-state index in [0.29, 0.717) is 31.6 Å². The quantitative estimate of drug-likeness (QED) is 0.0222. The lowest BCUT2D eigenvalue weighted by Crippen LogP contribution is -2.30. The van der Waals surface area contributed by atoms with E-state index in [2.05, 4.69) is 41.5 Å². The van der Waals surface area contributed by atoms with Gasteiger partial charge in [0.15, 0.2) is 12.2 Å². The molecule has 89 heavy (non-hydrogen) atoms. The number of aliphatic hydroxyl groups excluding tert-OH is 1. The van der Waals surface area contributed by atoms with Crippen LogP contribution >= 0.6 is 15.6 Å². The zero-order valence-electron chi connectivity index (χ0n) is 57.7. The Hall–Kier alpha value is -1.94. The summed E-state index contributed by atoms with van der Waals surface area (Å²) in [6.07, 6.45) is 47.3. The summed E-state index contributed by atoms with van der Waals surface area (Å²) in [5.41, 5.74) is 0. The molecule has 0 aromatic heterocycles. The number of phosphoric ester groups is 2. The van der Waals surface area contributed by atoms with Gasteiger partial charge in [0.05, 0.1) is 26.4 Å². The summed E-state index contributed by atoms with van der Waals surface area (Å²) in [6.45, 7) is 9.43. The van der Waals surface area contributed by atoms with Gasteiger partial charge < -0.3 is 33.8 Å². The van der Waals surface area contributed by atoms with Gasteiger partial charge in [-0.15, -0.1) is 0 Å². The van der Waals surface area contributed by atoms with Crippen molar-refractivity contribution < 1.29 is 80.2 Å². The summed E-state index contributed by atoms with van der Waals surface area (Å²) in [4.78, 5) is 72.5. The SMILES string of the molecule is CCCCCCCCCCCCCCCCCCC(=O)O[C@H](COC(=O)CCCCCCCCCCCCCCC)COP(=O)(O)OC[C@@H](O)COP(=O)(O)OC[C@@H](COC(=O)CCCCCCCCC(C)C)OC(=O)CCCCCCCCCCC(C)C. The molecule has 0 aliphatic heterocycles. The lowest BCUT2D eigenvalue weighted by atomic mass is 10.0. The fraction of sp³-hybridized carbons (Fsp3) is 0.943. The Labute approximate surface area is 543 Å². The van der Waals surface area contributed by atoms with Crippen LogP contribution in [0.15, 0.2) is 0 Å². The Morgan fingerprint density at radius 1 is 0.303 bits per heavy atom. The van der Waals surface area contributed by atoms with E-state index in [1.807, 2.05) is 0 Å². The Balaban J connectivity index is 5.23. The first-order chi connectivity index (χ1) is 42.9. The number of aliphatic hydroxyl groups is 1. The maximum absolute atomic E-state index is 13.0. The second-order valence-electron chi connectivity index (χ2n) is 26.2. The molecule has 528 valence electrons. The molecule has 0 heterocycles.